The first-order valence-electron chi connectivity index (χ1n) is 6.03. The molecule has 2 aromatic rings. The van der Waals surface area contributed by atoms with E-state index in [4.69, 9.17) is 5.11 Å². The second-order valence-corrected chi connectivity index (χ2v) is 4.21. The SMILES string of the molecule is CCc1nc(Nc2cccc(C)c2)cc(C(=O)O)n1. The molecule has 0 amide bonds. The highest BCUT2D eigenvalue weighted by molar-refractivity contribution is 5.86. The van der Waals surface area contributed by atoms with Crippen molar-refractivity contribution in [1.29, 1.82) is 0 Å². The number of anilines is 2. The number of carbonyl (C=O) groups is 1. The summed E-state index contributed by atoms with van der Waals surface area (Å²) < 4.78 is 0. The second kappa shape index (κ2) is 5.48. The Morgan fingerprint density at radius 2 is 2.11 bits per heavy atom. The Bertz CT molecular complexity index is 611. The van der Waals surface area contributed by atoms with E-state index in [2.05, 4.69) is 15.3 Å². The lowest BCUT2D eigenvalue weighted by Crippen LogP contribution is -2.07. The van der Waals surface area contributed by atoms with Gasteiger partial charge in [0.25, 0.3) is 0 Å². The summed E-state index contributed by atoms with van der Waals surface area (Å²) in [5.74, 6) is -0.0469. The molecule has 19 heavy (non-hydrogen) atoms. The number of aromatic carboxylic acids is 1. The minimum absolute atomic E-state index is 0.00185. The van der Waals surface area contributed by atoms with Crippen molar-refractivity contribution in [3.8, 4) is 0 Å². The molecule has 0 aliphatic rings. The molecule has 5 nitrogen and oxygen atoms in total. The van der Waals surface area contributed by atoms with Crippen LogP contribution in [-0.4, -0.2) is 21.0 Å². The highest BCUT2D eigenvalue weighted by atomic mass is 16.4. The Morgan fingerprint density at radius 3 is 2.74 bits per heavy atom. The fourth-order valence-electron chi connectivity index (χ4n) is 1.70. The highest BCUT2D eigenvalue weighted by Crippen LogP contribution is 2.17. The molecule has 2 N–H and O–H groups in total. The number of nitrogens with zero attached hydrogens (tertiary/aromatic N) is 2. The maximum atomic E-state index is 11.0. The van der Waals surface area contributed by atoms with Gasteiger partial charge in [-0.1, -0.05) is 19.1 Å². The number of aromatic nitrogens is 2. The average Bonchev–Trinajstić information content (AvgIpc) is 2.38. The molecular formula is C14H15N3O2. The topological polar surface area (TPSA) is 75.1 Å². The van der Waals surface area contributed by atoms with E-state index < -0.39 is 5.97 Å². The summed E-state index contributed by atoms with van der Waals surface area (Å²) in [6.07, 6.45) is 0.587. The van der Waals surface area contributed by atoms with Crippen LogP contribution in [0.25, 0.3) is 0 Å². The fourth-order valence-corrected chi connectivity index (χ4v) is 1.70. The van der Waals surface area contributed by atoms with Crippen LogP contribution >= 0.6 is 0 Å². The summed E-state index contributed by atoms with van der Waals surface area (Å²) in [5, 5.41) is 12.1. The van der Waals surface area contributed by atoms with Crippen molar-refractivity contribution in [1.82, 2.24) is 9.97 Å². The van der Waals surface area contributed by atoms with E-state index in [0.717, 1.165) is 11.3 Å². The third-order valence-electron chi connectivity index (χ3n) is 2.60. The Kier molecular flexibility index (Phi) is 3.75. The molecule has 0 atom stereocenters. The zero-order chi connectivity index (χ0) is 13.8. The van der Waals surface area contributed by atoms with Gasteiger partial charge in [-0.05, 0) is 24.6 Å². The van der Waals surface area contributed by atoms with Crippen LogP contribution in [0.4, 0.5) is 11.5 Å². The van der Waals surface area contributed by atoms with Gasteiger partial charge in [-0.3, -0.25) is 0 Å². The maximum Gasteiger partial charge on any atom is 0.354 e. The zero-order valence-electron chi connectivity index (χ0n) is 10.8. The first-order chi connectivity index (χ1) is 9.08. The van der Waals surface area contributed by atoms with E-state index in [9.17, 15) is 4.79 Å². The summed E-state index contributed by atoms with van der Waals surface area (Å²) in [5.41, 5.74) is 1.99. The van der Waals surface area contributed by atoms with E-state index in [1.165, 1.54) is 6.07 Å². The standard InChI is InChI=1S/C14H15N3O2/c1-3-12-16-11(14(18)19)8-13(17-12)15-10-6-4-5-9(2)7-10/h4-8H,3H2,1-2H3,(H,18,19)(H,15,16,17). The predicted octanol–water partition coefficient (Wildman–Crippen LogP) is 2.79. The average molecular weight is 257 g/mol. The molecule has 2 rings (SSSR count). The quantitative estimate of drug-likeness (QED) is 0.880. The van der Waals surface area contributed by atoms with Crippen molar-refractivity contribution in [3.63, 3.8) is 0 Å². The lowest BCUT2D eigenvalue weighted by molar-refractivity contribution is 0.0690. The molecule has 0 spiro atoms. The van der Waals surface area contributed by atoms with Crippen molar-refractivity contribution in [2.75, 3.05) is 5.32 Å². The number of rotatable bonds is 4. The van der Waals surface area contributed by atoms with Gasteiger partial charge in [0.15, 0.2) is 5.69 Å². The maximum absolute atomic E-state index is 11.0. The Labute approximate surface area is 111 Å². The zero-order valence-corrected chi connectivity index (χ0v) is 10.8. The minimum atomic E-state index is -1.05. The summed E-state index contributed by atoms with van der Waals surface area (Å²) in [4.78, 5) is 19.2. The van der Waals surface area contributed by atoms with Gasteiger partial charge in [-0.2, -0.15) is 0 Å². The molecule has 0 bridgehead atoms. The third-order valence-corrected chi connectivity index (χ3v) is 2.60. The van der Waals surface area contributed by atoms with Crippen molar-refractivity contribution < 1.29 is 9.90 Å². The van der Waals surface area contributed by atoms with E-state index in [1.807, 2.05) is 38.1 Å². The van der Waals surface area contributed by atoms with Crippen LogP contribution in [0, 0.1) is 6.92 Å². The molecule has 0 unspecified atom stereocenters. The van der Waals surface area contributed by atoms with Crippen LogP contribution in [0.15, 0.2) is 30.3 Å². The van der Waals surface area contributed by atoms with Crippen LogP contribution in [0.5, 0.6) is 0 Å². The Morgan fingerprint density at radius 1 is 1.32 bits per heavy atom. The van der Waals surface area contributed by atoms with Crippen LogP contribution in [0.2, 0.25) is 0 Å². The number of benzene rings is 1. The monoisotopic (exact) mass is 257 g/mol. The second-order valence-electron chi connectivity index (χ2n) is 4.21. The molecule has 1 aromatic carbocycles. The molecule has 0 fully saturated rings. The number of nitrogens with one attached hydrogen (secondary N) is 1. The lowest BCUT2D eigenvalue weighted by atomic mass is 10.2. The molecule has 1 heterocycles. The van der Waals surface area contributed by atoms with Gasteiger partial charge in [-0.25, -0.2) is 14.8 Å². The minimum Gasteiger partial charge on any atom is -0.477 e. The Balaban J connectivity index is 2.34. The van der Waals surface area contributed by atoms with Gasteiger partial charge in [0, 0.05) is 18.2 Å². The van der Waals surface area contributed by atoms with Gasteiger partial charge in [0.1, 0.15) is 11.6 Å². The van der Waals surface area contributed by atoms with Gasteiger partial charge < -0.3 is 10.4 Å². The van der Waals surface area contributed by atoms with Crippen molar-refractivity contribution in [2.24, 2.45) is 0 Å². The third kappa shape index (κ3) is 3.28. The fraction of sp³-hybridized carbons (Fsp3) is 0.214. The Hall–Kier alpha value is -2.43. The smallest absolute Gasteiger partial charge is 0.354 e. The number of carboxylic acid groups (broad SMARTS) is 1. The molecule has 0 saturated carbocycles. The molecule has 98 valence electrons. The molecular weight excluding hydrogens is 242 g/mol. The van der Waals surface area contributed by atoms with Crippen LogP contribution < -0.4 is 5.32 Å². The van der Waals surface area contributed by atoms with Crippen LogP contribution in [0.1, 0.15) is 28.8 Å². The normalized spacial score (nSPS) is 10.2. The van der Waals surface area contributed by atoms with Crippen molar-refractivity contribution in [2.45, 2.75) is 20.3 Å². The number of hydrogen-bond acceptors (Lipinski definition) is 4. The van der Waals surface area contributed by atoms with Crippen LogP contribution in [-0.2, 0) is 6.42 Å². The van der Waals surface area contributed by atoms with E-state index in [1.54, 1.807) is 0 Å². The predicted molar refractivity (Wildman–Crippen MR) is 72.8 cm³/mol. The molecule has 0 aliphatic heterocycles. The molecule has 0 aliphatic carbocycles. The largest absolute Gasteiger partial charge is 0.477 e. The molecule has 0 saturated heterocycles. The lowest BCUT2D eigenvalue weighted by Gasteiger charge is -2.08. The summed E-state index contributed by atoms with van der Waals surface area (Å²) in [6.45, 7) is 3.88. The summed E-state index contributed by atoms with van der Waals surface area (Å²) >= 11 is 0. The van der Waals surface area contributed by atoms with E-state index >= 15 is 0 Å². The highest BCUT2D eigenvalue weighted by Gasteiger charge is 2.09. The molecule has 1 aromatic heterocycles. The van der Waals surface area contributed by atoms with Crippen LogP contribution in [0.3, 0.4) is 0 Å². The van der Waals surface area contributed by atoms with Gasteiger partial charge in [-0.15, -0.1) is 0 Å². The van der Waals surface area contributed by atoms with Gasteiger partial charge >= 0.3 is 5.97 Å². The van der Waals surface area contributed by atoms with Crippen molar-refractivity contribution in [3.05, 3.63) is 47.4 Å². The van der Waals surface area contributed by atoms with E-state index in [0.29, 0.717) is 18.1 Å². The molecule has 0 radical (unpaired) electrons. The van der Waals surface area contributed by atoms with Gasteiger partial charge in [0.2, 0.25) is 0 Å². The molecule has 5 heteroatoms. The summed E-state index contributed by atoms with van der Waals surface area (Å²) in [6, 6.07) is 9.22. The first-order valence-corrected chi connectivity index (χ1v) is 6.03. The van der Waals surface area contributed by atoms with Crippen molar-refractivity contribution >= 4 is 17.5 Å². The number of carboxylic acids is 1. The van der Waals surface area contributed by atoms with E-state index in [-0.39, 0.29) is 5.69 Å². The van der Waals surface area contributed by atoms with Gasteiger partial charge in [0.05, 0.1) is 0 Å². The first kappa shape index (κ1) is 13.0. The number of aryl methyl sites for hydroxylation is 2. The number of hydrogen-bond donors (Lipinski definition) is 2. The summed E-state index contributed by atoms with van der Waals surface area (Å²) in [7, 11) is 0.